The van der Waals surface area contributed by atoms with Crippen molar-refractivity contribution in [2.24, 2.45) is 5.10 Å². The molecule has 0 spiro atoms. The summed E-state index contributed by atoms with van der Waals surface area (Å²) in [6.45, 7) is 6.99. The summed E-state index contributed by atoms with van der Waals surface area (Å²) >= 11 is 0. The van der Waals surface area contributed by atoms with Crippen LogP contribution >= 0.6 is 0 Å². The summed E-state index contributed by atoms with van der Waals surface area (Å²) in [5.74, 6) is 0.984. The molecule has 1 amide bonds. The third-order valence-electron chi connectivity index (χ3n) is 5.65. The fourth-order valence-corrected chi connectivity index (χ4v) is 3.75. The summed E-state index contributed by atoms with van der Waals surface area (Å²) in [7, 11) is 1.94. The van der Waals surface area contributed by atoms with Crippen LogP contribution in [0.3, 0.4) is 0 Å². The molecule has 1 aliphatic heterocycles. The number of amides is 1. The van der Waals surface area contributed by atoms with Crippen molar-refractivity contribution in [2.45, 2.75) is 38.6 Å². The van der Waals surface area contributed by atoms with E-state index in [0.717, 1.165) is 34.6 Å². The number of fused-ring (bicyclic) bond motifs is 1. The van der Waals surface area contributed by atoms with E-state index in [1.54, 1.807) is 6.20 Å². The number of likely N-dealkylation sites (N-methyl/N-ethyl adjacent to an activating group) is 1. The highest BCUT2D eigenvalue weighted by molar-refractivity contribution is 5.90. The average Bonchev–Trinajstić information content (AvgIpc) is 3.56. The zero-order valence-electron chi connectivity index (χ0n) is 19.5. The van der Waals surface area contributed by atoms with E-state index in [1.807, 2.05) is 69.4 Å². The van der Waals surface area contributed by atoms with Crippen molar-refractivity contribution in [3.8, 4) is 11.1 Å². The number of carbonyl (C=O) groups is 1. The Morgan fingerprint density at radius 2 is 2.00 bits per heavy atom. The summed E-state index contributed by atoms with van der Waals surface area (Å²) in [6, 6.07) is 9.97. The van der Waals surface area contributed by atoms with Crippen molar-refractivity contribution in [3.63, 3.8) is 0 Å². The minimum Gasteiger partial charge on any atom is -0.416 e. The molecule has 1 atom stereocenters. The van der Waals surface area contributed by atoms with Crippen LogP contribution in [0.4, 0.5) is 0 Å². The van der Waals surface area contributed by atoms with Crippen LogP contribution in [0.1, 0.15) is 54.7 Å². The lowest BCUT2D eigenvalue weighted by Gasteiger charge is -2.10. The minimum absolute atomic E-state index is 0.0331. The molecule has 4 aromatic rings. The summed E-state index contributed by atoms with van der Waals surface area (Å²) in [4.78, 5) is 24.9. The van der Waals surface area contributed by atoms with E-state index in [9.17, 15) is 4.79 Å². The first kappa shape index (κ1) is 21.7. The van der Waals surface area contributed by atoms with Crippen LogP contribution in [0, 0.1) is 0 Å². The molecule has 0 bridgehead atoms. The first-order valence-corrected chi connectivity index (χ1v) is 11.1. The second kappa shape index (κ2) is 8.36. The van der Waals surface area contributed by atoms with E-state index in [1.165, 1.54) is 0 Å². The second-order valence-electron chi connectivity index (χ2n) is 9.43. The van der Waals surface area contributed by atoms with Crippen molar-refractivity contribution < 1.29 is 9.21 Å². The molecule has 5 rings (SSSR count). The number of imidazole rings is 1. The van der Waals surface area contributed by atoms with Crippen molar-refractivity contribution >= 4 is 23.3 Å². The van der Waals surface area contributed by atoms with Gasteiger partial charge >= 0.3 is 11.8 Å². The van der Waals surface area contributed by atoms with E-state index in [2.05, 4.69) is 35.6 Å². The molecule has 0 saturated carbocycles. The summed E-state index contributed by atoms with van der Waals surface area (Å²) in [6.07, 6.45) is 3.67. The largest absolute Gasteiger partial charge is 0.416 e. The van der Waals surface area contributed by atoms with Crippen LogP contribution in [-0.2, 0) is 12.0 Å². The van der Waals surface area contributed by atoms with Crippen LogP contribution in [0.15, 0.2) is 46.0 Å². The predicted octanol–water partition coefficient (Wildman–Crippen LogP) is 3.25. The van der Waals surface area contributed by atoms with Crippen LogP contribution < -0.4 is 5.32 Å². The van der Waals surface area contributed by atoms with E-state index < -0.39 is 5.91 Å². The SMILES string of the molecule is CN1CC(c2nc3nccc(-c4ccc(CNC(=O)c5nnc(C(C)(C)C)o5)cc4)c3[nH]2)C=N1. The number of benzene rings is 1. The number of aromatic nitrogens is 5. The number of hydrazone groups is 1. The van der Waals surface area contributed by atoms with Gasteiger partial charge in [0.05, 0.1) is 18.0 Å². The standard InChI is InChI=1S/C24H26N8O2/c1-24(2,3)23-31-30-22(34-23)21(33)26-11-14-5-7-15(8-6-14)17-9-10-25-20-18(17)28-19(29-20)16-12-27-32(4)13-16/h5-10,12,16H,11,13H2,1-4H3,(H,26,33)(H,25,28,29). The lowest BCUT2D eigenvalue weighted by molar-refractivity contribution is 0.0912. The molecule has 0 saturated heterocycles. The third kappa shape index (κ3) is 4.26. The summed E-state index contributed by atoms with van der Waals surface area (Å²) in [5, 5.41) is 16.8. The van der Waals surface area contributed by atoms with E-state index in [0.29, 0.717) is 18.1 Å². The second-order valence-corrected chi connectivity index (χ2v) is 9.43. The highest BCUT2D eigenvalue weighted by atomic mass is 16.4. The molecule has 0 radical (unpaired) electrons. The molecule has 3 aromatic heterocycles. The van der Waals surface area contributed by atoms with Crippen LogP contribution in [0.25, 0.3) is 22.3 Å². The van der Waals surface area contributed by atoms with Crippen molar-refractivity contribution in [3.05, 3.63) is 59.7 Å². The normalized spacial score (nSPS) is 15.9. The van der Waals surface area contributed by atoms with Gasteiger partial charge < -0.3 is 14.7 Å². The minimum atomic E-state index is -0.394. The van der Waals surface area contributed by atoms with E-state index in [4.69, 9.17) is 4.42 Å². The van der Waals surface area contributed by atoms with Gasteiger partial charge in [0.1, 0.15) is 5.82 Å². The Kier molecular flexibility index (Phi) is 5.35. The van der Waals surface area contributed by atoms with Crippen LogP contribution in [0.2, 0.25) is 0 Å². The predicted molar refractivity (Wildman–Crippen MR) is 127 cm³/mol. The number of pyridine rings is 1. The van der Waals surface area contributed by atoms with Gasteiger partial charge in [-0.2, -0.15) is 5.10 Å². The number of nitrogens with zero attached hydrogens (tertiary/aromatic N) is 6. The molecule has 1 aromatic carbocycles. The van der Waals surface area contributed by atoms with Crippen LogP contribution in [0.5, 0.6) is 0 Å². The molecule has 4 heterocycles. The highest BCUT2D eigenvalue weighted by Gasteiger charge is 2.24. The first-order chi connectivity index (χ1) is 16.3. The Balaban J connectivity index is 1.29. The Morgan fingerprint density at radius 1 is 1.21 bits per heavy atom. The number of H-pyrrole nitrogens is 1. The van der Waals surface area contributed by atoms with Crippen molar-refractivity contribution in [1.82, 2.24) is 35.5 Å². The topological polar surface area (TPSA) is 125 Å². The number of hydrogen-bond acceptors (Lipinski definition) is 8. The molecule has 10 heteroatoms. The molecule has 0 aliphatic carbocycles. The maximum absolute atomic E-state index is 12.4. The van der Waals surface area contributed by atoms with Gasteiger partial charge in [0.15, 0.2) is 5.65 Å². The fourth-order valence-electron chi connectivity index (χ4n) is 3.75. The maximum Gasteiger partial charge on any atom is 0.309 e. The lowest BCUT2D eigenvalue weighted by atomic mass is 9.97. The first-order valence-electron chi connectivity index (χ1n) is 11.1. The molecule has 1 unspecified atom stereocenters. The zero-order valence-corrected chi connectivity index (χ0v) is 19.5. The quantitative estimate of drug-likeness (QED) is 0.470. The van der Waals surface area contributed by atoms with E-state index in [-0.39, 0.29) is 17.2 Å². The Labute approximate surface area is 196 Å². The molecule has 1 aliphatic rings. The van der Waals surface area contributed by atoms with Gasteiger partial charge in [-0.25, -0.2) is 9.97 Å². The van der Waals surface area contributed by atoms with Gasteiger partial charge in [-0.05, 0) is 17.2 Å². The summed E-state index contributed by atoms with van der Waals surface area (Å²) in [5.41, 5.74) is 4.27. The van der Waals surface area contributed by atoms with Gasteiger partial charge in [-0.1, -0.05) is 45.0 Å². The molecular weight excluding hydrogens is 432 g/mol. The fraction of sp³-hybridized carbons (Fsp3) is 0.333. The molecule has 2 N–H and O–H groups in total. The van der Waals surface area contributed by atoms with E-state index >= 15 is 0 Å². The average molecular weight is 459 g/mol. The smallest absolute Gasteiger partial charge is 0.309 e. The number of rotatable bonds is 5. The number of carbonyl (C=O) groups excluding carboxylic acids is 1. The number of hydrogen-bond donors (Lipinski definition) is 2. The molecule has 0 fully saturated rings. The zero-order chi connectivity index (χ0) is 23.9. The van der Waals surface area contributed by atoms with Gasteiger partial charge in [0, 0.05) is 37.0 Å². The third-order valence-corrected chi connectivity index (χ3v) is 5.65. The monoisotopic (exact) mass is 458 g/mol. The van der Waals surface area contributed by atoms with Crippen LogP contribution in [-0.4, -0.2) is 55.9 Å². The molecule has 34 heavy (non-hydrogen) atoms. The molecular formula is C24H26N8O2. The van der Waals surface area contributed by atoms with Crippen molar-refractivity contribution in [2.75, 3.05) is 13.6 Å². The van der Waals surface area contributed by atoms with Gasteiger partial charge in [0.25, 0.3) is 0 Å². The number of nitrogens with one attached hydrogen (secondary N) is 2. The van der Waals surface area contributed by atoms with Gasteiger partial charge in [0.2, 0.25) is 5.89 Å². The maximum atomic E-state index is 12.4. The highest BCUT2D eigenvalue weighted by Crippen LogP contribution is 2.28. The Hall–Kier alpha value is -4.08. The lowest BCUT2D eigenvalue weighted by Crippen LogP contribution is -2.23. The van der Waals surface area contributed by atoms with Gasteiger partial charge in [-0.3, -0.25) is 9.80 Å². The molecule has 10 nitrogen and oxygen atoms in total. The number of aromatic amines is 1. The van der Waals surface area contributed by atoms with Gasteiger partial charge in [-0.15, -0.1) is 10.2 Å². The Bertz CT molecular complexity index is 1360. The van der Waals surface area contributed by atoms with Crippen molar-refractivity contribution in [1.29, 1.82) is 0 Å². The molecule has 174 valence electrons. The Morgan fingerprint density at radius 3 is 2.68 bits per heavy atom. The summed E-state index contributed by atoms with van der Waals surface area (Å²) < 4.78 is 5.50.